The number of methoxy groups -OCH3 is 2. The second kappa shape index (κ2) is 8.42. The Bertz CT molecular complexity index is 1070. The second-order valence-corrected chi connectivity index (χ2v) is 8.51. The van der Waals surface area contributed by atoms with Crippen LogP contribution in [-0.2, 0) is 4.74 Å². The molecule has 0 unspecified atom stereocenters. The molecule has 2 fully saturated rings. The van der Waals surface area contributed by atoms with Crippen LogP contribution >= 0.6 is 34.8 Å². The first-order chi connectivity index (χ1) is 14.5. The Labute approximate surface area is 190 Å². The first-order valence-corrected chi connectivity index (χ1v) is 10.8. The van der Waals surface area contributed by atoms with Crippen LogP contribution in [0.1, 0.15) is 6.92 Å². The van der Waals surface area contributed by atoms with Crippen molar-refractivity contribution in [3.05, 3.63) is 26.7 Å². The number of alkyl halides is 1. The van der Waals surface area contributed by atoms with Gasteiger partial charge in [0.25, 0.3) is 0 Å². The van der Waals surface area contributed by atoms with Gasteiger partial charge in [0.1, 0.15) is 17.3 Å². The van der Waals surface area contributed by atoms with Gasteiger partial charge in [-0.15, -0.1) is 11.6 Å². The summed E-state index contributed by atoms with van der Waals surface area (Å²) >= 11 is 19.3. The van der Waals surface area contributed by atoms with Crippen LogP contribution in [0.3, 0.4) is 0 Å². The van der Waals surface area contributed by atoms with E-state index in [1.54, 1.807) is 6.07 Å². The van der Waals surface area contributed by atoms with Gasteiger partial charge < -0.3 is 19.1 Å². The van der Waals surface area contributed by atoms with Gasteiger partial charge in [0.2, 0.25) is 0 Å². The van der Waals surface area contributed by atoms with Crippen LogP contribution in [-0.4, -0.2) is 56.4 Å². The molecule has 1 spiro atoms. The van der Waals surface area contributed by atoms with Crippen LogP contribution in [0.25, 0.3) is 23.5 Å². The third-order valence-electron chi connectivity index (χ3n) is 5.48. The molecule has 4 rings (SSSR count). The monoisotopic (exact) mass is 469 g/mol. The van der Waals surface area contributed by atoms with Crippen molar-refractivity contribution in [1.82, 2.24) is 9.97 Å². The minimum absolute atomic E-state index is 0.230. The number of hydrogen-bond donors (Lipinski definition) is 0. The Kier molecular flexibility index (Phi) is 6.04. The molecule has 0 N–H and O–H groups in total. The van der Waals surface area contributed by atoms with Crippen molar-refractivity contribution in [1.29, 1.82) is 0 Å². The van der Waals surface area contributed by atoms with Crippen molar-refractivity contribution in [3.8, 4) is 22.9 Å². The van der Waals surface area contributed by atoms with E-state index in [1.165, 1.54) is 14.2 Å². The molecule has 2 aromatic rings. The second-order valence-electron chi connectivity index (χ2n) is 7.45. The van der Waals surface area contributed by atoms with E-state index < -0.39 is 0 Å². The van der Waals surface area contributed by atoms with Gasteiger partial charge in [-0.3, -0.25) is 0 Å². The number of halogens is 3. The summed E-state index contributed by atoms with van der Waals surface area (Å²) < 4.78 is 16.2. The van der Waals surface area contributed by atoms with Gasteiger partial charge in [-0.05, 0) is 6.92 Å². The van der Waals surface area contributed by atoms with Gasteiger partial charge in [0, 0.05) is 30.3 Å². The van der Waals surface area contributed by atoms with Crippen molar-refractivity contribution >= 4 is 52.8 Å². The highest BCUT2D eigenvalue weighted by Gasteiger charge is 2.49. The Morgan fingerprint density at radius 1 is 1.13 bits per heavy atom. The smallest absolute Gasteiger partial charge is 0.165 e. The lowest BCUT2D eigenvalue weighted by molar-refractivity contribution is -0.127. The fraction of sp³-hybridized carbons (Fsp3) is 0.429. The lowest BCUT2D eigenvalue weighted by atomic mass is 9.78. The van der Waals surface area contributed by atoms with E-state index >= 15 is 0 Å². The highest BCUT2D eigenvalue weighted by Crippen LogP contribution is 2.45. The molecule has 2 saturated heterocycles. The van der Waals surface area contributed by atoms with Crippen molar-refractivity contribution < 1.29 is 14.2 Å². The van der Waals surface area contributed by atoms with E-state index in [1.807, 2.05) is 19.1 Å². The van der Waals surface area contributed by atoms with Crippen LogP contribution in [0.2, 0.25) is 10.0 Å². The third-order valence-corrected chi connectivity index (χ3v) is 6.38. The van der Waals surface area contributed by atoms with Gasteiger partial charge in [-0.1, -0.05) is 35.4 Å². The maximum atomic E-state index is 6.62. The summed E-state index contributed by atoms with van der Waals surface area (Å²) in [5.41, 5.74) is 0.701. The zero-order valence-electron chi connectivity index (χ0n) is 17.0. The molecule has 0 atom stereocenters. The number of nitrogens with zero attached hydrogens (tertiary/aromatic N) is 3. The minimum Gasteiger partial charge on any atom is -0.495 e. The lowest BCUT2D eigenvalue weighted by Gasteiger charge is -2.55. The first kappa shape index (κ1) is 21.5. The van der Waals surface area contributed by atoms with Crippen molar-refractivity contribution in [2.45, 2.75) is 6.92 Å². The zero-order valence-corrected chi connectivity index (χ0v) is 19.2. The van der Waals surface area contributed by atoms with E-state index in [9.17, 15) is 0 Å². The van der Waals surface area contributed by atoms with Crippen molar-refractivity contribution in [3.63, 3.8) is 0 Å². The minimum atomic E-state index is 0.230. The van der Waals surface area contributed by atoms with Crippen LogP contribution < -0.4 is 24.9 Å². The quantitative estimate of drug-likeness (QED) is 0.626. The predicted molar refractivity (Wildman–Crippen MR) is 121 cm³/mol. The van der Waals surface area contributed by atoms with E-state index in [2.05, 4.69) is 4.90 Å². The molecule has 0 radical (unpaired) electrons. The first-order valence-electron chi connectivity index (χ1n) is 9.50. The summed E-state index contributed by atoms with van der Waals surface area (Å²) in [5, 5.41) is 2.32. The number of hydrogen-bond acceptors (Lipinski definition) is 6. The molecule has 1 aromatic heterocycles. The van der Waals surface area contributed by atoms with Crippen LogP contribution in [0.4, 0.5) is 5.82 Å². The van der Waals surface area contributed by atoms with Gasteiger partial charge in [0.15, 0.2) is 5.82 Å². The standard InChI is InChI=1S/C21H22Cl3N3O3/c1-4-13-12(5-6-22)20(27-8-21(9-27)10-30-11-21)26-19(25-13)16-17(23)14(28-2)7-15(29-3)18(16)24/h4-5,7H,6,8-11H2,1-3H3/b12-5+,13-4+. The molecule has 30 heavy (non-hydrogen) atoms. The third kappa shape index (κ3) is 3.50. The average molecular weight is 471 g/mol. The average Bonchev–Trinajstić information content (AvgIpc) is 2.67. The SMILES string of the molecule is C/C=c1/nc(-c2c(Cl)c(OC)cc(OC)c2Cl)nc(N2CC3(COC3)C2)/c1=C/CCl. The topological polar surface area (TPSA) is 56.7 Å². The fourth-order valence-electron chi connectivity index (χ4n) is 3.89. The number of anilines is 1. The summed E-state index contributed by atoms with van der Waals surface area (Å²) in [6.07, 6.45) is 3.85. The number of benzene rings is 1. The summed E-state index contributed by atoms with van der Waals surface area (Å²) in [6.45, 7) is 5.24. The highest BCUT2D eigenvalue weighted by molar-refractivity contribution is 6.40. The molecule has 2 aliphatic heterocycles. The molecule has 2 aliphatic rings. The van der Waals surface area contributed by atoms with Gasteiger partial charge in [-0.25, -0.2) is 9.97 Å². The Balaban J connectivity index is 1.92. The maximum absolute atomic E-state index is 6.62. The number of ether oxygens (including phenoxy) is 3. The number of aromatic nitrogens is 2. The normalized spacial score (nSPS) is 18.4. The van der Waals surface area contributed by atoms with E-state index in [0.717, 1.165) is 42.7 Å². The fourth-order valence-corrected chi connectivity index (χ4v) is 4.71. The van der Waals surface area contributed by atoms with Gasteiger partial charge in [0.05, 0.1) is 53.8 Å². The largest absolute Gasteiger partial charge is 0.495 e. The molecule has 0 saturated carbocycles. The van der Waals surface area contributed by atoms with Crippen LogP contribution in [0.5, 0.6) is 11.5 Å². The Hall–Kier alpha value is -1.73. The molecule has 1 aromatic carbocycles. The summed E-state index contributed by atoms with van der Waals surface area (Å²) in [6, 6.07) is 1.65. The zero-order chi connectivity index (χ0) is 21.5. The molecule has 6 nitrogen and oxygen atoms in total. The van der Waals surface area contributed by atoms with E-state index in [0.29, 0.717) is 38.8 Å². The molecule has 0 aliphatic carbocycles. The van der Waals surface area contributed by atoms with E-state index in [-0.39, 0.29) is 5.41 Å². The molecule has 9 heteroatoms. The molecule has 0 bridgehead atoms. The van der Waals surface area contributed by atoms with Crippen molar-refractivity contribution in [2.75, 3.05) is 51.3 Å². The molecular formula is C21H22Cl3N3O3. The van der Waals surface area contributed by atoms with Crippen LogP contribution in [0.15, 0.2) is 6.07 Å². The van der Waals surface area contributed by atoms with E-state index in [4.69, 9.17) is 59.0 Å². The predicted octanol–water partition coefficient (Wildman–Crippen LogP) is 3.12. The maximum Gasteiger partial charge on any atom is 0.165 e. The molecule has 3 heterocycles. The summed E-state index contributed by atoms with van der Waals surface area (Å²) in [4.78, 5) is 11.8. The lowest BCUT2D eigenvalue weighted by Crippen LogP contribution is -2.67. The molecule has 0 amide bonds. The summed E-state index contributed by atoms with van der Waals surface area (Å²) in [5.74, 6) is 2.44. The number of rotatable bonds is 5. The molecular weight excluding hydrogens is 449 g/mol. The highest BCUT2D eigenvalue weighted by atomic mass is 35.5. The van der Waals surface area contributed by atoms with Gasteiger partial charge in [-0.2, -0.15) is 0 Å². The summed E-state index contributed by atoms with van der Waals surface area (Å²) in [7, 11) is 3.07. The van der Waals surface area contributed by atoms with Crippen LogP contribution in [0, 0.1) is 5.41 Å². The van der Waals surface area contributed by atoms with Crippen molar-refractivity contribution in [2.24, 2.45) is 5.41 Å². The Morgan fingerprint density at radius 3 is 2.23 bits per heavy atom. The Morgan fingerprint density at radius 2 is 1.77 bits per heavy atom. The molecule has 160 valence electrons. The van der Waals surface area contributed by atoms with Gasteiger partial charge >= 0.3 is 0 Å².